The Bertz CT molecular complexity index is 904. The maximum absolute atomic E-state index is 13.3. The normalized spacial score (nSPS) is 11.0. The van der Waals surface area contributed by atoms with Crippen LogP contribution in [0.25, 0.3) is 21.3 Å². The van der Waals surface area contributed by atoms with Gasteiger partial charge in [0, 0.05) is 10.3 Å². The van der Waals surface area contributed by atoms with E-state index in [2.05, 4.69) is 4.98 Å². The first-order chi connectivity index (χ1) is 10.1. The molecule has 3 aromatic rings. The lowest BCUT2D eigenvalue weighted by molar-refractivity contribution is -0.108. The van der Waals surface area contributed by atoms with Crippen molar-refractivity contribution in [3.8, 4) is 10.4 Å². The molecule has 0 bridgehead atoms. The highest BCUT2D eigenvalue weighted by Gasteiger charge is 2.14. The number of halogens is 2. The summed E-state index contributed by atoms with van der Waals surface area (Å²) in [5.74, 6) is -0.516. The van der Waals surface area contributed by atoms with E-state index in [-0.39, 0.29) is 17.1 Å². The molecule has 2 heterocycles. The smallest absolute Gasteiger partial charge is 0.263 e. The standard InChI is InChI=1S/C14H8ClFN2O2S/c15-9-5-8(1-2-10(9)16)13-12-11(6-21-13)17-7-18(3-4-19)14(12)20/h1-2,4-7H,3H2. The number of nitrogens with zero attached hydrogens (tertiary/aromatic N) is 2. The number of benzene rings is 1. The number of carbonyl (C=O) groups is 1. The van der Waals surface area contributed by atoms with Crippen LogP contribution >= 0.6 is 22.9 Å². The van der Waals surface area contributed by atoms with E-state index in [0.717, 1.165) is 0 Å². The Labute approximate surface area is 127 Å². The van der Waals surface area contributed by atoms with Crippen molar-refractivity contribution in [2.24, 2.45) is 0 Å². The SMILES string of the molecule is O=CCn1cnc2csc(-c3ccc(F)c(Cl)c3)c2c1=O. The van der Waals surface area contributed by atoms with Gasteiger partial charge >= 0.3 is 0 Å². The van der Waals surface area contributed by atoms with Gasteiger partial charge in [0.25, 0.3) is 5.56 Å². The molecule has 0 aliphatic heterocycles. The van der Waals surface area contributed by atoms with Crippen LogP contribution in [0, 0.1) is 5.82 Å². The van der Waals surface area contributed by atoms with Gasteiger partial charge in [0.2, 0.25) is 0 Å². The molecule has 4 nitrogen and oxygen atoms in total. The molecule has 0 atom stereocenters. The van der Waals surface area contributed by atoms with Gasteiger partial charge in [0.1, 0.15) is 12.1 Å². The van der Waals surface area contributed by atoms with Gasteiger partial charge in [-0.3, -0.25) is 9.36 Å². The minimum absolute atomic E-state index is 0.00819. The van der Waals surface area contributed by atoms with E-state index >= 15 is 0 Å². The van der Waals surface area contributed by atoms with Crippen LogP contribution in [-0.2, 0) is 11.3 Å². The van der Waals surface area contributed by atoms with Gasteiger partial charge in [0.15, 0.2) is 0 Å². The summed E-state index contributed by atoms with van der Waals surface area (Å²) in [6.07, 6.45) is 1.98. The van der Waals surface area contributed by atoms with Gasteiger partial charge in [-0.15, -0.1) is 11.3 Å². The summed E-state index contributed by atoms with van der Waals surface area (Å²) < 4.78 is 14.5. The molecule has 7 heteroatoms. The molecule has 21 heavy (non-hydrogen) atoms. The average Bonchev–Trinajstić information content (AvgIpc) is 2.90. The number of rotatable bonds is 3. The van der Waals surface area contributed by atoms with Gasteiger partial charge < -0.3 is 4.79 Å². The summed E-state index contributed by atoms with van der Waals surface area (Å²) in [6, 6.07) is 4.28. The molecular weight excluding hydrogens is 315 g/mol. The number of hydrogen-bond acceptors (Lipinski definition) is 4. The van der Waals surface area contributed by atoms with Crippen LogP contribution in [0.3, 0.4) is 0 Å². The van der Waals surface area contributed by atoms with Gasteiger partial charge in [-0.05, 0) is 17.7 Å². The molecule has 0 unspecified atom stereocenters. The zero-order chi connectivity index (χ0) is 15.0. The largest absolute Gasteiger partial charge is 0.301 e. The predicted octanol–water partition coefficient (Wildman–Crippen LogP) is 3.12. The highest BCUT2D eigenvalue weighted by Crippen LogP contribution is 2.33. The summed E-state index contributed by atoms with van der Waals surface area (Å²) in [5, 5.41) is 2.15. The van der Waals surface area contributed by atoms with Crippen LogP contribution in [-0.4, -0.2) is 15.8 Å². The lowest BCUT2D eigenvalue weighted by atomic mass is 10.1. The van der Waals surface area contributed by atoms with E-state index in [4.69, 9.17) is 11.6 Å². The van der Waals surface area contributed by atoms with Crippen LogP contribution in [0.15, 0.2) is 34.7 Å². The summed E-state index contributed by atoms with van der Waals surface area (Å²) >= 11 is 7.11. The lowest BCUT2D eigenvalue weighted by Crippen LogP contribution is -2.20. The summed E-state index contributed by atoms with van der Waals surface area (Å²) in [7, 11) is 0. The summed E-state index contributed by atoms with van der Waals surface area (Å²) in [6.45, 7) is -0.0543. The van der Waals surface area contributed by atoms with Crippen molar-refractivity contribution in [1.82, 2.24) is 9.55 Å². The second-order valence-electron chi connectivity index (χ2n) is 4.32. The maximum atomic E-state index is 13.3. The molecule has 0 saturated heterocycles. The second-order valence-corrected chi connectivity index (χ2v) is 5.61. The minimum Gasteiger partial charge on any atom is -0.301 e. The van der Waals surface area contributed by atoms with Gasteiger partial charge in [0.05, 0.1) is 28.8 Å². The highest BCUT2D eigenvalue weighted by atomic mass is 35.5. The Morgan fingerprint density at radius 3 is 2.95 bits per heavy atom. The van der Waals surface area contributed by atoms with E-state index in [0.29, 0.717) is 27.6 Å². The molecule has 3 rings (SSSR count). The van der Waals surface area contributed by atoms with Crippen molar-refractivity contribution in [2.75, 3.05) is 0 Å². The van der Waals surface area contributed by atoms with Gasteiger partial charge in [-0.25, -0.2) is 9.37 Å². The molecule has 0 saturated carbocycles. The third-order valence-electron chi connectivity index (χ3n) is 3.04. The first-order valence-electron chi connectivity index (χ1n) is 5.97. The monoisotopic (exact) mass is 322 g/mol. The van der Waals surface area contributed by atoms with E-state index < -0.39 is 5.82 Å². The molecule has 0 N–H and O–H groups in total. The average molecular weight is 323 g/mol. The van der Waals surface area contributed by atoms with E-state index in [1.807, 2.05) is 0 Å². The van der Waals surface area contributed by atoms with Crippen molar-refractivity contribution >= 4 is 40.1 Å². The van der Waals surface area contributed by atoms with Crippen molar-refractivity contribution in [1.29, 1.82) is 0 Å². The van der Waals surface area contributed by atoms with E-state index in [1.165, 1.54) is 34.4 Å². The molecule has 0 amide bonds. The van der Waals surface area contributed by atoms with Crippen LogP contribution in [0.1, 0.15) is 0 Å². The first-order valence-corrected chi connectivity index (χ1v) is 7.23. The number of hydrogen-bond donors (Lipinski definition) is 0. The fraction of sp³-hybridized carbons (Fsp3) is 0.0714. The Morgan fingerprint density at radius 2 is 2.24 bits per heavy atom. The quantitative estimate of drug-likeness (QED) is 0.696. The van der Waals surface area contributed by atoms with Crippen molar-refractivity contribution in [3.63, 3.8) is 0 Å². The first kappa shape index (κ1) is 13.9. The lowest BCUT2D eigenvalue weighted by Gasteiger charge is -2.03. The molecule has 0 aliphatic carbocycles. The number of aldehydes is 1. The zero-order valence-electron chi connectivity index (χ0n) is 10.5. The Hall–Kier alpha value is -2.05. The van der Waals surface area contributed by atoms with Crippen molar-refractivity contribution < 1.29 is 9.18 Å². The molecule has 1 aromatic carbocycles. The highest BCUT2D eigenvalue weighted by molar-refractivity contribution is 7.15. The molecule has 2 aromatic heterocycles. The molecule has 0 fully saturated rings. The zero-order valence-corrected chi connectivity index (χ0v) is 12.1. The number of aromatic nitrogens is 2. The van der Waals surface area contributed by atoms with Gasteiger partial charge in [-0.2, -0.15) is 0 Å². The maximum Gasteiger partial charge on any atom is 0.263 e. The van der Waals surface area contributed by atoms with E-state index in [1.54, 1.807) is 11.4 Å². The van der Waals surface area contributed by atoms with Crippen molar-refractivity contribution in [2.45, 2.75) is 6.54 Å². The molecular formula is C14H8ClFN2O2S. The van der Waals surface area contributed by atoms with Crippen molar-refractivity contribution in [3.05, 3.63) is 51.1 Å². The number of carbonyl (C=O) groups excluding carboxylic acids is 1. The van der Waals surface area contributed by atoms with Crippen LogP contribution in [0.2, 0.25) is 5.02 Å². The number of fused-ring (bicyclic) bond motifs is 1. The number of thiophene rings is 1. The Morgan fingerprint density at radius 1 is 1.43 bits per heavy atom. The minimum atomic E-state index is -0.516. The molecule has 106 valence electrons. The molecule has 0 spiro atoms. The fourth-order valence-corrected chi connectivity index (χ4v) is 3.20. The van der Waals surface area contributed by atoms with Crippen LogP contribution in [0.5, 0.6) is 0 Å². The fourth-order valence-electron chi connectivity index (χ4n) is 2.04. The second kappa shape index (κ2) is 5.38. The summed E-state index contributed by atoms with van der Waals surface area (Å²) in [4.78, 5) is 27.8. The third kappa shape index (κ3) is 2.36. The third-order valence-corrected chi connectivity index (χ3v) is 4.34. The van der Waals surface area contributed by atoms with Crippen LogP contribution in [0.4, 0.5) is 4.39 Å². The van der Waals surface area contributed by atoms with Gasteiger partial charge in [-0.1, -0.05) is 17.7 Å². The predicted molar refractivity (Wildman–Crippen MR) is 80.3 cm³/mol. The molecule has 0 radical (unpaired) electrons. The Balaban J connectivity index is 2.27. The van der Waals surface area contributed by atoms with E-state index in [9.17, 15) is 14.0 Å². The molecule has 0 aliphatic rings. The Kier molecular flexibility index (Phi) is 3.57. The van der Waals surface area contributed by atoms with Crippen LogP contribution < -0.4 is 5.56 Å². The summed E-state index contributed by atoms with van der Waals surface area (Å²) in [5.41, 5.74) is 0.885. The topological polar surface area (TPSA) is 52.0 Å².